The van der Waals surface area contributed by atoms with E-state index in [0.717, 1.165) is 0 Å². The number of rotatable bonds is 1. The van der Waals surface area contributed by atoms with Crippen molar-refractivity contribution in [2.45, 2.75) is 6.10 Å². The zero-order valence-corrected chi connectivity index (χ0v) is 9.78. The molecule has 2 nitrogen and oxygen atoms in total. The number of nitrogens with one attached hydrogen (secondary N) is 1. The maximum Gasteiger partial charge on any atom is 0.149 e. The molecule has 0 aromatic heterocycles. The third kappa shape index (κ3) is 2.09. The molecule has 6 heteroatoms. The molecule has 1 saturated heterocycles. The molecule has 1 aliphatic heterocycles. The van der Waals surface area contributed by atoms with Crippen molar-refractivity contribution in [3.63, 3.8) is 0 Å². The second-order valence-corrected chi connectivity index (χ2v) is 4.24. The molecule has 1 aromatic rings. The lowest BCUT2D eigenvalue weighted by molar-refractivity contribution is 0.0230. The first-order valence-corrected chi connectivity index (χ1v) is 5.55. The normalized spacial score (nSPS) is 21.1. The predicted molar refractivity (Wildman–Crippen MR) is 55.6 cm³/mol. The molecule has 16 heavy (non-hydrogen) atoms. The molecular weight excluding hydrogens is 287 g/mol. The lowest BCUT2D eigenvalue weighted by Gasteiger charge is -2.24. The summed E-state index contributed by atoms with van der Waals surface area (Å²) in [6.07, 6.45) is -0.717. The van der Waals surface area contributed by atoms with E-state index in [0.29, 0.717) is 25.8 Å². The van der Waals surface area contributed by atoms with Crippen molar-refractivity contribution in [3.8, 4) is 0 Å². The zero-order chi connectivity index (χ0) is 11.7. The van der Waals surface area contributed by atoms with Crippen molar-refractivity contribution < 1.29 is 17.9 Å². The van der Waals surface area contributed by atoms with Crippen LogP contribution in [0.3, 0.4) is 0 Å². The molecule has 2 rings (SSSR count). The first kappa shape index (κ1) is 11.9. The fraction of sp³-hybridized carbons (Fsp3) is 0.400. The van der Waals surface area contributed by atoms with Crippen LogP contribution in [0.15, 0.2) is 10.5 Å². The number of ether oxygens (including phenoxy) is 1. The summed E-state index contributed by atoms with van der Waals surface area (Å²) in [7, 11) is 0. The van der Waals surface area contributed by atoms with Gasteiger partial charge in [-0.3, -0.25) is 0 Å². The summed E-state index contributed by atoms with van der Waals surface area (Å²) in [5.74, 6) is -2.82. The average Bonchev–Trinajstić information content (AvgIpc) is 2.28. The van der Waals surface area contributed by atoms with Gasteiger partial charge in [0, 0.05) is 19.2 Å². The Hall–Kier alpha value is -0.590. The monoisotopic (exact) mass is 295 g/mol. The van der Waals surface area contributed by atoms with Gasteiger partial charge in [0.2, 0.25) is 0 Å². The molecule has 1 heterocycles. The topological polar surface area (TPSA) is 21.3 Å². The van der Waals surface area contributed by atoms with E-state index in [1.807, 2.05) is 0 Å². The van der Waals surface area contributed by atoms with Crippen molar-refractivity contribution in [3.05, 3.63) is 33.6 Å². The Balaban J connectivity index is 2.42. The van der Waals surface area contributed by atoms with Gasteiger partial charge in [0.05, 0.1) is 16.6 Å². The van der Waals surface area contributed by atoms with Crippen LogP contribution >= 0.6 is 15.9 Å². The van der Waals surface area contributed by atoms with Gasteiger partial charge in [-0.05, 0) is 15.9 Å². The van der Waals surface area contributed by atoms with Crippen molar-refractivity contribution in [1.29, 1.82) is 0 Å². The molecule has 1 unspecified atom stereocenters. The summed E-state index contributed by atoms with van der Waals surface area (Å²) >= 11 is 2.74. The number of hydrogen-bond donors (Lipinski definition) is 1. The van der Waals surface area contributed by atoms with Crippen LogP contribution in [-0.4, -0.2) is 19.7 Å². The van der Waals surface area contributed by atoms with Gasteiger partial charge in [0.1, 0.15) is 23.6 Å². The third-order valence-corrected chi connectivity index (χ3v) is 3.13. The second-order valence-electron chi connectivity index (χ2n) is 3.45. The Kier molecular flexibility index (Phi) is 3.51. The molecular formula is C10H9BrF3NO. The molecule has 1 aliphatic rings. The first-order chi connectivity index (χ1) is 7.61. The Bertz CT molecular complexity index is 408. The van der Waals surface area contributed by atoms with Crippen LogP contribution in [0.4, 0.5) is 13.2 Å². The molecule has 0 bridgehead atoms. The van der Waals surface area contributed by atoms with Gasteiger partial charge in [0.25, 0.3) is 0 Å². The molecule has 0 spiro atoms. The first-order valence-electron chi connectivity index (χ1n) is 4.76. The molecule has 1 fully saturated rings. The SMILES string of the molecule is Fc1cc(F)c(C2CNCCO2)c(F)c1Br. The molecule has 0 amide bonds. The molecule has 1 N–H and O–H groups in total. The second kappa shape index (κ2) is 4.73. The van der Waals surface area contributed by atoms with E-state index in [9.17, 15) is 13.2 Å². The predicted octanol–water partition coefficient (Wildman–Crippen LogP) is 2.53. The Labute approximate surface area is 98.9 Å². The van der Waals surface area contributed by atoms with Crippen molar-refractivity contribution >= 4 is 15.9 Å². The number of benzene rings is 1. The quantitative estimate of drug-likeness (QED) is 0.635. The van der Waals surface area contributed by atoms with E-state index in [4.69, 9.17) is 4.74 Å². The lowest BCUT2D eigenvalue weighted by atomic mass is 10.1. The van der Waals surface area contributed by atoms with Gasteiger partial charge in [0.15, 0.2) is 0 Å². The minimum atomic E-state index is -0.956. The highest BCUT2D eigenvalue weighted by molar-refractivity contribution is 9.10. The standard InChI is InChI=1S/C10H9BrF3NO/c11-9-6(13)3-5(12)8(10(9)14)7-4-15-1-2-16-7/h3,7,15H,1-2,4H2. The van der Waals surface area contributed by atoms with E-state index in [1.54, 1.807) is 0 Å². The van der Waals surface area contributed by atoms with Crippen LogP contribution in [0.1, 0.15) is 11.7 Å². The van der Waals surface area contributed by atoms with Crippen LogP contribution in [0.5, 0.6) is 0 Å². The largest absolute Gasteiger partial charge is 0.371 e. The molecule has 0 saturated carbocycles. The van der Waals surface area contributed by atoms with E-state index < -0.39 is 23.6 Å². The van der Waals surface area contributed by atoms with Crippen LogP contribution in [0.2, 0.25) is 0 Å². The summed E-state index contributed by atoms with van der Waals surface area (Å²) in [5, 5.41) is 2.95. The van der Waals surface area contributed by atoms with E-state index in [2.05, 4.69) is 21.2 Å². The van der Waals surface area contributed by atoms with E-state index in [-0.39, 0.29) is 10.0 Å². The highest BCUT2D eigenvalue weighted by Gasteiger charge is 2.26. The van der Waals surface area contributed by atoms with Gasteiger partial charge >= 0.3 is 0 Å². The molecule has 0 radical (unpaired) electrons. The van der Waals surface area contributed by atoms with E-state index in [1.165, 1.54) is 0 Å². The molecule has 1 aromatic carbocycles. The number of morpholine rings is 1. The minimum Gasteiger partial charge on any atom is -0.371 e. The van der Waals surface area contributed by atoms with Crippen molar-refractivity contribution in [2.24, 2.45) is 0 Å². The summed E-state index contributed by atoms with van der Waals surface area (Å²) in [4.78, 5) is 0. The van der Waals surface area contributed by atoms with Gasteiger partial charge in [-0.15, -0.1) is 0 Å². The van der Waals surface area contributed by atoms with Gasteiger partial charge in [-0.1, -0.05) is 0 Å². The highest BCUT2D eigenvalue weighted by atomic mass is 79.9. The van der Waals surface area contributed by atoms with Crippen LogP contribution in [0, 0.1) is 17.5 Å². The molecule has 1 atom stereocenters. The lowest BCUT2D eigenvalue weighted by Crippen LogP contribution is -2.34. The zero-order valence-electron chi connectivity index (χ0n) is 8.20. The van der Waals surface area contributed by atoms with Gasteiger partial charge in [-0.25, -0.2) is 13.2 Å². The van der Waals surface area contributed by atoms with Gasteiger partial charge in [-0.2, -0.15) is 0 Å². The Morgan fingerprint density at radius 2 is 2.06 bits per heavy atom. The van der Waals surface area contributed by atoms with E-state index >= 15 is 0 Å². The summed E-state index contributed by atoms with van der Waals surface area (Å²) in [6.45, 7) is 1.33. The maximum absolute atomic E-state index is 13.7. The van der Waals surface area contributed by atoms with Crippen LogP contribution < -0.4 is 5.32 Å². The molecule has 0 aliphatic carbocycles. The average molecular weight is 296 g/mol. The molecule has 88 valence electrons. The minimum absolute atomic E-state index is 0.236. The van der Waals surface area contributed by atoms with Gasteiger partial charge < -0.3 is 10.1 Å². The van der Waals surface area contributed by atoms with Crippen LogP contribution in [0.25, 0.3) is 0 Å². The highest BCUT2D eigenvalue weighted by Crippen LogP contribution is 2.31. The van der Waals surface area contributed by atoms with Crippen LogP contribution in [-0.2, 0) is 4.74 Å². The Morgan fingerprint density at radius 3 is 2.69 bits per heavy atom. The number of halogens is 4. The number of hydrogen-bond acceptors (Lipinski definition) is 2. The Morgan fingerprint density at radius 1 is 1.31 bits per heavy atom. The summed E-state index contributed by atoms with van der Waals surface area (Å²) < 4.78 is 45.0. The van der Waals surface area contributed by atoms with Crippen molar-refractivity contribution in [1.82, 2.24) is 5.32 Å². The maximum atomic E-state index is 13.7. The van der Waals surface area contributed by atoms with Crippen molar-refractivity contribution in [2.75, 3.05) is 19.7 Å². The fourth-order valence-corrected chi connectivity index (χ4v) is 1.95. The summed E-state index contributed by atoms with van der Waals surface area (Å²) in [5.41, 5.74) is -0.236. The summed E-state index contributed by atoms with van der Waals surface area (Å²) in [6, 6.07) is 0.653. The fourth-order valence-electron chi connectivity index (χ4n) is 1.63. The smallest absolute Gasteiger partial charge is 0.149 e. The third-order valence-electron chi connectivity index (χ3n) is 2.40.